The third kappa shape index (κ3) is 5.43. The van der Waals surface area contributed by atoms with E-state index in [4.69, 9.17) is 34.8 Å². The molecule has 0 spiro atoms. The highest BCUT2D eigenvalue weighted by atomic mass is 35.5. The molecule has 0 saturated heterocycles. The van der Waals surface area contributed by atoms with Crippen molar-refractivity contribution in [2.24, 2.45) is 0 Å². The Morgan fingerprint density at radius 3 is 2.62 bits per heavy atom. The number of unbranched alkanes of at least 4 members (excludes halogenated alkanes) is 2. The summed E-state index contributed by atoms with van der Waals surface area (Å²) in [7, 11) is 0. The zero-order valence-electron chi connectivity index (χ0n) is 26.2. The van der Waals surface area contributed by atoms with Crippen LogP contribution in [0.3, 0.4) is 0 Å². The normalized spacial score (nSPS) is 21.4. The molecule has 2 aromatic carbocycles. The molecule has 1 aliphatic heterocycles. The van der Waals surface area contributed by atoms with Crippen molar-refractivity contribution in [2.75, 3.05) is 6.54 Å². The van der Waals surface area contributed by atoms with Crippen LogP contribution < -0.4 is 5.35 Å². The maximum atomic E-state index is 7.21. The van der Waals surface area contributed by atoms with Gasteiger partial charge >= 0.3 is 0 Å². The van der Waals surface area contributed by atoms with E-state index in [0.29, 0.717) is 0 Å². The minimum absolute atomic E-state index is 0.261. The van der Waals surface area contributed by atoms with Crippen molar-refractivity contribution in [2.45, 2.75) is 77.8 Å². The Morgan fingerprint density at radius 2 is 1.78 bits per heavy atom. The van der Waals surface area contributed by atoms with Gasteiger partial charge in [-0.2, -0.15) is 0 Å². The van der Waals surface area contributed by atoms with E-state index >= 15 is 0 Å². The van der Waals surface area contributed by atoms with Gasteiger partial charge in [0, 0.05) is 66.7 Å². The fourth-order valence-electron chi connectivity index (χ4n) is 7.52. The molecule has 0 radical (unpaired) electrons. The zero-order chi connectivity index (χ0) is 31.1. The number of aryl methyl sites for hydroxylation is 1. The molecule has 0 bridgehead atoms. The Bertz CT molecular complexity index is 2000. The molecule has 0 fully saturated rings. The standard InChI is InChI=1S/C40H40Cl3N2/c1-3-5-24-44-34(30-14-8-12-28-32(41)18-22-36(44)38(28)30)20-16-26-10-7-11-27(40(26)43)17-21-35-31-15-9-13-29-33(42)19-23-37(39(29)31)45(35)25-6-4-2/h8-9,12,14-23,37H,3-7,10-11,13,24-25H2,1-2H3/q+1. The summed E-state index contributed by atoms with van der Waals surface area (Å²) >= 11 is 20.5. The van der Waals surface area contributed by atoms with Gasteiger partial charge in [0.25, 0.3) is 0 Å². The van der Waals surface area contributed by atoms with Crippen LogP contribution in [0.15, 0.2) is 111 Å². The predicted molar refractivity (Wildman–Crippen MR) is 195 cm³/mol. The first kappa shape index (κ1) is 30.6. The van der Waals surface area contributed by atoms with Crippen molar-refractivity contribution in [3.63, 3.8) is 0 Å². The third-order valence-electron chi connectivity index (χ3n) is 9.80. The maximum absolute atomic E-state index is 7.21. The second kappa shape index (κ2) is 13.0. The van der Waals surface area contributed by atoms with Crippen molar-refractivity contribution in [3.8, 4) is 0 Å². The third-order valence-corrected chi connectivity index (χ3v) is 11.0. The minimum atomic E-state index is 0.261. The van der Waals surface area contributed by atoms with E-state index in [1.807, 2.05) is 6.07 Å². The van der Waals surface area contributed by atoms with Gasteiger partial charge in [-0.1, -0.05) is 104 Å². The van der Waals surface area contributed by atoms with Crippen LogP contribution in [-0.4, -0.2) is 27.4 Å². The van der Waals surface area contributed by atoms with Gasteiger partial charge in [0.2, 0.25) is 5.71 Å². The molecule has 4 aliphatic rings. The lowest BCUT2D eigenvalue weighted by Crippen LogP contribution is -2.28. The van der Waals surface area contributed by atoms with E-state index in [2.05, 4.69) is 95.9 Å². The van der Waals surface area contributed by atoms with Crippen LogP contribution in [0.1, 0.15) is 65.2 Å². The lowest BCUT2D eigenvalue weighted by atomic mass is 9.85. The maximum Gasteiger partial charge on any atom is 0.208 e. The van der Waals surface area contributed by atoms with Crippen molar-refractivity contribution in [1.82, 2.24) is 4.57 Å². The Labute approximate surface area is 281 Å². The number of benzene rings is 2. The molecule has 3 aromatic rings. The van der Waals surface area contributed by atoms with E-state index in [0.717, 1.165) is 84.9 Å². The van der Waals surface area contributed by atoms with Crippen molar-refractivity contribution in [1.29, 1.82) is 0 Å². The Kier molecular flexibility index (Phi) is 8.83. The van der Waals surface area contributed by atoms with E-state index in [1.54, 1.807) is 0 Å². The van der Waals surface area contributed by atoms with E-state index in [-0.39, 0.29) is 6.04 Å². The first-order valence-corrected chi connectivity index (χ1v) is 17.7. The number of hydrogen-bond acceptors (Lipinski definition) is 0. The van der Waals surface area contributed by atoms with Gasteiger partial charge in [-0.25, -0.2) is 4.58 Å². The van der Waals surface area contributed by atoms with Crippen LogP contribution in [0.2, 0.25) is 5.02 Å². The molecule has 3 aliphatic carbocycles. The van der Waals surface area contributed by atoms with Gasteiger partial charge < -0.3 is 4.57 Å². The van der Waals surface area contributed by atoms with Crippen LogP contribution in [-0.2, 0) is 6.54 Å². The summed E-state index contributed by atoms with van der Waals surface area (Å²) in [5, 5.41) is 7.43. The highest BCUT2D eigenvalue weighted by Crippen LogP contribution is 2.41. The van der Waals surface area contributed by atoms with Crippen molar-refractivity contribution < 1.29 is 4.58 Å². The number of rotatable bonds is 9. The molecule has 0 N–H and O–H groups in total. The number of hydrogen-bond donors (Lipinski definition) is 0. The van der Waals surface area contributed by atoms with Crippen LogP contribution in [0.4, 0.5) is 0 Å². The van der Waals surface area contributed by atoms with E-state index in [9.17, 15) is 0 Å². The fourth-order valence-corrected chi connectivity index (χ4v) is 8.31. The van der Waals surface area contributed by atoms with Gasteiger partial charge in [0.15, 0.2) is 6.04 Å². The van der Waals surface area contributed by atoms with Crippen molar-refractivity contribution in [3.05, 3.63) is 121 Å². The number of nitrogens with zero attached hydrogens (tertiary/aromatic N) is 2. The number of allylic oxidation sites excluding steroid dienone is 11. The average Bonchev–Trinajstić information content (AvgIpc) is 3.53. The average molecular weight is 655 g/mol. The summed E-state index contributed by atoms with van der Waals surface area (Å²) in [6.45, 7) is 6.51. The molecular formula is C40H40Cl3N2+. The Hall–Kier alpha value is -3.04. The van der Waals surface area contributed by atoms with Gasteiger partial charge in [-0.15, -0.1) is 0 Å². The molecule has 0 saturated carbocycles. The minimum Gasteiger partial charge on any atom is -0.340 e. The molecule has 5 heteroatoms. The molecule has 0 amide bonds. The Balaban J connectivity index is 1.29. The molecule has 230 valence electrons. The van der Waals surface area contributed by atoms with Crippen LogP contribution >= 0.6 is 34.8 Å². The quantitative estimate of drug-likeness (QED) is 0.203. The second-order valence-corrected chi connectivity index (χ2v) is 13.8. The molecular weight excluding hydrogens is 615 g/mol. The highest BCUT2D eigenvalue weighted by molar-refractivity contribution is 6.37. The molecule has 2 nitrogen and oxygen atoms in total. The lowest BCUT2D eigenvalue weighted by molar-refractivity contribution is -0.541. The Morgan fingerprint density at radius 1 is 0.933 bits per heavy atom. The molecule has 1 aromatic heterocycles. The first-order valence-electron chi connectivity index (χ1n) is 16.6. The second-order valence-electron chi connectivity index (χ2n) is 12.6. The summed E-state index contributed by atoms with van der Waals surface area (Å²) in [6.07, 6.45) is 26.6. The van der Waals surface area contributed by atoms with Crippen LogP contribution in [0.5, 0.6) is 0 Å². The summed E-state index contributed by atoms with van der Waals surface area (Å²) in [4.78, 5) is 0. The van der Waals surface area contributed by atoms with Gasteiger partial charge in [-0.3, -0.25) is 0 Å². The summed E-state index contributed by atoms with van der Waals surface area (Å²) in [5.41, 5.74) is 8.93. The fraction of sp³-hybridized carbons (Fsp3) is 0.325. The van der Waals surface area contributed by atoms with E-state index in [1.165, 1.54) is 55.2 Å². The predicted octanol–water partition coefficient (Wildman–Crippen LogP) is 10.9. The van der Waals surface area contributed by atoms with E-state index < -0.39 is 0 Å². The molecule has 2 heterocycles. The number of halogens is 3. The topological polar surface area (TPSA) is 7.94 Å². The lowest BCUT2D eigenvalue weighted by Gasteiger charge is -2.20. The van der Waals surface area contributed by atoms with Gasteiger partial charge in [-0.05, 0) is 79.2 Å². The molecule has 7 rings (SSSR count). The largest absolute Gasteiger partial charge is 0.340 e. The zero-order valence-corrected chi connectivity index (χ0v) is 28.5. The summed E-state index contributed by atoms with van der Waals surface area (Å²) in [6, 6.07) is 10.9. The van der Waals surface area contributed by atoms with Gasteiger partial charge in [0.05, 0.1) is 5.57 Å². The smallest absolute Gasteiger partial charge is 0.208 e. The summed E-state index contributed by atoms with van der Waals surface area (Å²) in [5.74, 6) is 0. The molecule has 45 heavy (non-hydrogen) atoms. The molecule has 1 unspecified atom stereocenters. The van der Waals surface area contributed by atoms with Crippen LogP contribution in [0.25, 0.3) is 27.8 Å². The SMILES string of the molecule is CCCCn1/c(=C/C=C2\CCCC(/C=C/C3=[N+](CCCC)C4C=CC(Cl)=C5CC=CC3=C54)=C2Cl)c2cccc3c(Cl)ccc1c32. The summed E-state index contributed by atoms with van der Waals surface area (Å²) < 4.78 is 5.03. The number of aromatic nitrogens is 1. The highest BCUT2D eigenvalue weighted by Gasteiger charge is 2.41. The van der Waals surface area contributed by atoms with Crippen LogP contribution in [0, 0.1) is 0 Å². The first-order chi connectivity index (χ1) is 22.0. The van der Waals surface area contributed by atoms with Gasteiger partial charge in [0.1, 0.15) is 6.54 Å². The van der Waals surface area contributed by atoms with Crippen molar-refractivity contribution >= 4 is 68.3 Å². The molecule has 1 atom stereocenters. The monoisotopic (exact) mass is 653 g/mol.